The van der Waals surface area contributed by atoms with E-state index in [1.165, 1.54) is 12.7 Å². The van der Waals surface area contributed by atoms with Crippen LogP contribution in [0.5, 0.6) is 0 Å². The normalized spacial score (nSPS) is 31.3. The second-order valence-corrected chi connectivity index (χ2v) is 17.8. The zero-order valence-corrected chi connectivity index (χ0v) is 24.6. The van der Waals surface area contributed by atoms with Gasteiger partial charge >= 0.3 is 12.0 Å². The number of esters is 1. The van der Waals surface area contributed by atoms with E-state index < -0.39 is 32.3 Å². The zero-order chi connectivity index (χ0) is 28.2. The maximum absolute atomic E-state index is 14.1. The number of imidazole rings is 1. The van der Waals surface area contributed by atoms with Gasteiger partial charge in [0.05, 0.1) is 18.9 Å². The topological polar surface area (TPSA) is 114 Å². The van der Waals surface area contributed by atoms with Gasteiger partial charge in [-0.05, 0) is 55.7 Å². The van der Waals surface area contributed by atoms with Crippen LogP contribution in [-0.4, -0.2) is 52.1 Å². The SMILES string of the molecule is C#C[C@]1(CO[Si](C)(C)C(C)(C)C)O[C@@H](n2cnc3c(N)nc(F)nc32)C[C@@H]1OC(=O)C1CCC2CCCC1C2. The third-order valence-electron chi connectivity index (χ3n) is 9.55. The van der Waals surface area contributed by atoms with E-state index in [0.717, 1.165) is 38.0 Å². The van der Waals surface area contributed by atoms with E-state index in [-0.39, 0.29) is 46.9 Å². The molecule has 11 heteroatoms. The summed E-state index contributed by atoms with van der Waals surface area (Å²) in [6, 6.07) is 0. The molecule has 3 fully saturated rings. The van der Waals surface area contributed by atoms with Crippen LogP contribution in [0.2, 0.25) is 18.1 Å². The van der Waals surface area contributed by atoms with Crippen molar-refractivity contribution in [2.24, 2.45) is 17.8 Å². The molecule has 1 aliphatic heterocycles. The van der Waals surface area contributed by atoms with E-state index in [4.69, 9.17) is 26.1 Å². The summed E-state index contributed by atoms with van der Waals surface area (Å²) in [5, 5.41) is -0.0564. The monoisotopic (exact) mass is 557 g/mol. The van der Waals surface area contributed by atoms with Crippen molar-refractivity contribution in [3.8, 4) is 12.3 Å². The number of ether oxygens (including phenoxy) is 2. The highest BCUT2D eigenvalue weighted by atomic mass is 28.4. The molecule has 212 valence electrons. The van der Waals surface area contributed by atoms with Gasteiger partial charge in [0.15, 0.2) is 30.9 Å². The van der Waals surface area contributed by atoms with Gasteiger partial charge in [0.1, 0.15) is 12.3 Å². The van der Waals surface area contributed by atoms with Crippen LogP contribution in [0.15, 0.2) is 6.33 Å². The van der Waals surface area contributed by atoms with Crippen LogP contribution in [0.4, 0.5) is 10.2 Å². The highest BCUT2D eigenvalue weighted by molar-refractivity contribution is 6.74. The second-order valence-electron chi connectivity index (χ2n) is 13.0. The molecule has 3 aliphatic rings. The minimum absolute atomic E-state index is 0.0564. The van der Waals surface area contributed by atoms with Crippen LogP contribution in [-0.2, 0) is 18.7 Å². The molecule has 3 unspecified atom stereocenters. The molecule has 0 spiro atoms. The number of nitrogen functional groups attached to an aromatic ring is 1. The Labute approximate surface area is 230 Å². The number of carbonyl (C=O) groups excluding carboxylic acids is 1. The Morgan fingerprint density at radius 2 is 2.05 bits per heavy atom. The fraction of sp³-hybridized carbons (Fsp3) is 0.714. The first kappa shape index (κ1) is 28.0. The molecule has 39 heavy (non-hydrogen) atoms. The first-order chi connectivity index (χ1) is 18.3. The molecule has 1 saturated heterocycles. The van der Waals surface area contributed by atoms with Crippen molar-refractivity contribution in [3.63, 3.8) is 0 Å². The van der Waals surface area contributed by atoms with Crippen molar-refractivity contribution in [2.45, 2.75) is 102 Å². The van der Waals surface area contributed by atoms with Crippen LogP contribution < -0.4 is 5.73 Å². The lowest BCUT2D eigenvalue weighted by Gasteiger charge is -2.41. The summed E-state index contributed by atoms with van der Waals surface area (Å²) in [5.41, 5.74) is 5.00. The average molecular weight is 558 g/mol. The standard InChI is InChI=1S/C28H40FN5O4Si/c1-7-28(15-36-39(5,6)27(2,3)4)20(37-25(35)19-12-11-17-9-8-10-18(19)13-17)14-21(38-28)34-16-31-22-23(30)32-26(29)33-24(22)34/h1,16-21H,8-15H2,2-6H3,(H2,30,32,33)/t17?,18?,19?,20-,21+,28+/m0/s1. The Balaban J connectivity index is 1.44. The van der Waals surface area contributed by atoms with Gasteiger partial charge in [0, 0.05) is 6.42 Å². The number of aromatic nitrogens is 4. The van der Waals surface area contributed by atoms with Crippen LogP contribution in [0.1, 0.15) is 71.9 Å². The van der Waals surface area contributed by atoms with Crippen molar-refractivity contribution in [1.82, 2.24) is 19.5 Å². The van der Waals surface area contributed by atoms with Crippen LogP contribution in [0, 0.1) is 36.2 Å². The summed E-state index contributed by atoms with van der Waals surface area (Å²) >= 11 is 0. The smallest absolute Gasteiger partial charge is 0.312 e. The molecule has 2 saturated carbocycles. The molecule has 3 heterocycles. The summed E-state index contributed by atoms with van der Waals surface area (Å²) in [5.74, 6) is 3.46. The highest BCUT2D eigenvalue weighted by Gasteiger charge is 2.54. The first-order valence-electron chi connectivity index (χ1n) is 14.0. The van der Waals surface area contributed by atoms with Gasteiger partial charge in [-0.2, -0.15) is 14.4 Å². The summed E-state index contributed by atoms with van der Waals surface area (Å²) < 4.78 is 34.9. The minimum atomic E-state index is -2.22. The van der Waals surface area contributed by atoms with Crippen molar-refractivity contribution >= 4 is 31.3 Å². The second kappa shape index (κ2) is 10.1. The number of rotatable bonds is 6. The number of hydrogen-bond acceptors (Lipinski definition) is 8. The molecule has 2 N–H and O–H groups in total. The molecule has 0 radical (unpaired) electrons. The van der Waals surface area contributed by atoms with Crippen LogP contribution >= 0.6 is 0 Å². The van der Waals surface area contributed by atoms with Gasteiger partial charge in [0.25, 0.3) is 0 Å². The molecular formula is C28H40FN5O4Si. The summed E-state index contributed by atoms with van der Waals surface area (Å²) in [7, 11) is -2.22. The summed E-state index contributed by atoms with van der Waals surface area (Å²) in [6.07, 6.45) is 11.9. The van der Waals surface area contributed by atoms with E-state index in [1.54, 1.807) is 4.57 Å². The number of fused-ring (bicyclic) bond motifs is 3. The third kappa shape index (κ3) is 5.19. The minimum Gasteiger partial charge on any atom is -0.458 e. The fourth-order valence-corrected chi connectivity index (χ4v) is 7.13. The van der Waals surface area contributed by atoms with Gasteiger partial charge in [-0.3, -0.25) is 9.36 Å². The van der Waals surface area contributed by atoms with Gasteiger partial charge < -0.3 is 19.6 Å². The van der Waals surface area contributed by atoms with Gasteiger partial charge in [0.2, 0.25) is 0 Å². The van der Waals surface area contributed by atoms with Crippen molar-refractivity contribution in [2.75, 3.05) is 12.3 Å². The molecule has 0 amide bonds. The molecule has 2 aliphatic carbocycles. The Morgan fingerprint density at radius 3 is 2.77 bits per heavy atom. The molecule has 0 aromatic carbocycles. The zero-order valence-electron chi connectivity index (χ0n) is 23.6. The Kier molecular flexibility index (Phi) is 7.27. The Morgan fingerprint density at radius 1 is 1.28 bits per heavy atom. The lowest BCUT2D eigenvalue weighted by atomic mass is 9.67. The maximum atomic E-state index is 14.1. The lowest BCUT2D eigenvalue weighted by molar-refractivity contribution is -0.167. The Hall–Kier alpha value is -2.55. The Bertz CT molecular complexity index is 1290. The summed E-state index contributed by atoms with van der Waals surface area (Å²) in [4.78, 5) is 25.4. The lowest BCUT2D eigenvalue weighted by Crippen LogP contribution is -2.51. The van der Waals surface area contributed by atoms with E-state index >= 15 is 0 Å². The number of halogens is 1. The number of terminal acetylenes is 1. The summed E-state index contributed by atoms with van der Waals surface area (Å²) in [6.45, 7) is 10.8. The third-order valence-corrected chi connectivity index (χ3v) is 14.0. The molecule has 5 rings (SSSR count). The van der Waals surface area contributed by atoms with E-state index in [0.29, 0.717) is 5.92 Å². The molecular weight excluding hydrogens is 517 g/mol. The molecule has 6 atom stereocenters. The van der Waals surface area contributed by atoms with Gasteiger partial charge in [-0.1, -0.05) is 39.5 Å². The quantitative estimate of drug-likeness (QED) is 0.229. The predicted molar refractivity (Wildman–Crippen MR) is 147 cm³/mol. The van der Waals surface area contributed by atoms with E-state index in [1.807, 2.05) is 0 Å². The maximum Gasteiger partial charge on any atom is 0.312 e. The van der Waals surface area contributed by atoms with Crippen LogP contribution in [0.25, 0.3) is 11.2 Å². The number of carbonyl (C=O) groups is 1. The van der Waals surface area contributed by atoms with E-state index in [2.05, 4.69) is 54.7 Å². The first-order valence-corrected chi connectivity index (χ1v) is 16.9. The number of nitrogens with zero attached hydrogens (tertiary/aromatic N) is 4. The predicted octanol–water partition coefficient (Wildman–Crippen LogP) is 4.99. The van der Waals surface area contributed by atoms with Crippen molar-refractivity contribution in [1.29, 1.82) is 0 Å². The molecule has 2 bridgehead atoms. The fourth-order valence-electron chi connectivity index (χ4n) is 6.12. The van der Waals surface area contributed by atoms with E-state index in [9.17, 15) is 9.18 Å². The van der Waals surface area contributed by atoms with Crippen molar-refractivity contribution < 1.29 is 23.1 Å². The average Bonchev–Trinajstić information content (AvgIpc) is 3.44. The van der Waals surface area contributed by atoms with Gasteiger partial charge in [-0.25, -0.2) is 4.98 Å². The molecule has 2 aromatic heterocycles. The van der Waals surface area contributed by atoms with Gasteiger partial charge in [-0.15, -0.1) is 6.42 Å². The van der Waals surface area contributed by atoms with Crippen LogP contribution in [0.3, 0.4) is 0 Å². The number of hydrogen-bond donors (Lipinski definition) is 1. The highest BCUT2D eigenvalue weighted by Crippen LogP contribution is 2.46. The van der Waals surface area contributed by atoms with Crippen molar-refractivity contribution in [3.05, 3.63) is 12.4 Å². The molecule has 2 aromatic rings. The number of nitrogens with two attached hydrogens (primary N) is 1. The largest absolute Gasteiger partial charge is 0.458 e. The number of anilines is 1. The molecule has 9 nitrogen and oxygen atoms in total.